The summed E-state index contributed by atoms with van der Waals surface area (Å²) in [4.78, 5) is 12.3. The van der Waals surface area contributed by atoms with Gasteiger partial charge in [0.2, 0.25) is 5.91 Å². The van der Waals surface area contributed by atoms with Crippen LogP contribution in [-0.2, 0) is 24.7 Å². The smallest absolute Gasteiger partial charge is 0.220 e. The monoisotopic (exact) mass is 315 g/mol. The molecule has 0 aliphatic heterocycles. The Labute approximate surface area is 135 Å². The van der Waals surface area contributed by atoms with Crippen molar-refractivity contribution in [3.05, 3.63) is 53.1 Å². The highest BCUT2D eigenvalue weighted by atomic mass is 19.1. The SMILES string of the molecule is C[C@@H]1CCc2c(F)cccc2[C@H]1NC(=O)CCc1cnn(C)c1. The number of benzene rings is 1. The topological polar surface area (TPSA) is 46.9 Å². The summed E-state index contributed by atoms with van der Waals surface area (Å²) in [7, 11) is 1.86. The van der Waals surface area contributed by atoms with E-state index in [4.69, 9.17) is 0 Å². The van der Waals surface area contributed by atoms with Crippen LogP contribution >= 0.6 is 0 Å². The van der Waals surface area contributed by atoms with E-state index in [0.29, 0.717) is 18.8 Å². The predicted octanol–water partition coefficient (Wildman–Crippen LogP) is 2.93. The minimum Gasteiger partial charge on any atom is -0.349 e. The Bertz CT molecular complexity index is 710. The number of fused-ring (bicyclic) bond motifs is 1. The summed E-state index contributed by atoms with van der Waals surface area (Å²) in [5.74, 6) is 0.151. The lowest BCUT2D eigenvalue weighted by Gasteiger charge is -2.32. The molecule has 0 radical (unpaired) electrons. The fourth-order valence-corrected chi connectivity index (χ4v) is 3.30. The molecule has 1 aliphatic carbocycles. The van der Waals surface area contributed by atoms with Gasteiger partial charge in [-0.2, -0.15) is 5.10 Å². The van der Waals surface area contributed by atoms with Crippen molar-refractivity contribution in [2.75, 3.05) is 0 Å². The number of nitrogens with zero attached hydrogens (tertiary/aromatic N) is 2. The van der Waals surface area contributed by atoms with E-state index in [-0.39, 0.29) is 17.8 Å². The van der Waals surface area contributed by atoms with Gasteiger partial charge in [-0.15, -0.1) is 0 Å². The Kier molecular flexibility index (Phi) is 4.46. The van der Waals surface area contributed by atoms with Gasteiger partial charge in [0.15, 0.2) is 0 Å². The Morgan fingerprint density at radius 1 is 1.48 bits per heavy atom. The number of halogens is 1. The van der Waals surface area contributed by atoms with Crippen LogP contribution < -0.4 is 5.32 Å². The number of carbonyl (C=O) groups is 1. The molecule has 1 aliphatic rings. The molecule has 1 heterocycles. The van der Waals surface area contributed by atoms with Gasteiger partial charge in [0, 0.05) is 19.7 Å². The van der Waals surface area contributed by atoms with Crippen LogP contribution in [0.15, 0.2) is 30.6 Å². The number of aryl methyl sites for hydroxylation is 2. The van der Waals surface area contributed by atoms with Crippen LogP contribution in [-0.4, -0.2) is 15.7 Å². The van der Waals surface area contributed by atoms with E-state index in [2.05, 4.69) is 17.3 Å². The lowest BCUT2D eigenvalue weighted by atomic mass is 9.80. The first kappa shape index (κ1) is 15.7. The highest BCUT2D eigenvalue weighted by Gasteiger charge is 2.29. The number of aromatic nitrogens is 2. The van der Waals surface area contributed by atoms with Gasteiger partial charge < -0.3 is 5.32 Å². The van der Waals surface area contributed by atoms with Crippen LogP contribution in [0.4, 0.5) is 4.39 Å². The molecule has 4 nitrogen and oxygen atoms in total. The molecule has 122 valence electrons. The van der Waals surface area contributed by atoms with Crippen LogP contribution in [0.1, 0.15) is 42.5 Å². The minimum atomic E-state index is -0.163. The molecule has 1 aromatic heterocycles. The van der Waals surface area contributed by atoms with Crippen LogP contribution in [0.25, 0.3) is 0 Å². The lowest BCUT2D eigenvalue weighted by Crippen LogP contribution is -2.35. The van der Waals surface area contributed by atoms with Gasteiger partial charge in [0.1, 0.15) is 5.82 Å². The van der Waals surface area contributed by atoms with E-state index < -0.39 is 0 Å². The molecule has 1 aromatic carbocycles. The van der Waals surface area contributed by atoms with Crippen molar-refractivity contribution >= 4 is 5.91 Å². The molecule has 0 unspecified atom stereocenters. The third-order valence-corrected chi connectivity index (χ3v) is 4.62. The zero-order valence-electron chi connectivity index (χ0n) is 13.6. The van der Waals surface area contributed by atoms with E-state index in [1.165, 1.54) is 6.07 Å². The molecule has 0 spiro atoms. The van der Waals surface area contributed by atoms with E-state index in [9.17, 15) is 9.18 Å². The highest BCUT2D eigenvalue weighted by molar-refractivity contribution is 5.76. The van der Waals surface area contributed by atoms with Crippen LogP contribution in [0.2, 0.25) is 0 Å². The molecule has 23 heavy (non-hydrogen) atoms. The molecular formula is C18H22FN3O. The second-order valence-corrected chi connectivity index (χ2v) is 6.39. The molecule has 3 rings (SSSR count). The van der Waals surface area contributed by atoms with Crippen molar-refractivity contribution in [3.63, 3.8) is 0 Å². The van der Waals surface area contributed by atoms with Crippen molar-refractivity contribution < 1.29 is 9.18 Å². The van der Waals surface area contributed by atoms with Crippen LogP contribution in [0, 0.1) is 11.7 Å². The molecule has 5 heteroatoms. The number of nitrogens with one attached hydrogen (secondary N) is 1. The van der Waals surface area contributed by atoms with Gasteiger partial charge in [-0.05, 0) is 47.9 Å². The fraction of sp³-hybridized carbons (Fsp3) is 0.444. The second-order valence-electron chi connectivity index (χ2n) is 6.39. The summed E-state index contributed by atoms with van der Waals surface area (Å²) in [5, 5.41) is 7.20. The van der Waals surface area contributed by atoms with Gasteiger partial charge >= 0.3 is 0 Å². The summed E-state index contributed by atoms with van der Waals surface area (Å²) in [6.07, 6.45) is 6.41. The van der Waals surface area contributed by atoms with Crippen molar-refractivity contribution in [3.8, 4) is 0 Å². The van der Waals surface area contributed by atoms with E-state index in [1.807, 2.05) is 19.3 Å². The van der Waals surface area contributed by atoms with Gasteiger partial charge in [-0.3, -0.25) is 9.48 Å². The van der Waals surface area contributed by atoms with Crippen LogP contribution in [0.3, 0.4) is 0 Å². The van der Waals surface area contributed by atoms with Gasteiger partial charge in [0.05, 0.1) is 12.2 Å². The Hall–Kier alpha value is -2.17. The number of hydrogen-bond acceptors (Lipinski definition) is 2. The third-order valence-electron chi connectivity index (χ3n) is 4.62. The maximum Gasteiger partial charge on any atom is 0.220 e. The second kappa shape index (κ2) is 6.52. The summed E-state index contributed by atoms with van der Waals surface area (Å²) >= 11 is 0. The largest absolute Gasteiger partial charge is 0.349 e. The number of hydrogen-bond donors (Lipinski definition) is 1. The van der Waals surface area contributed by atoms with Crippen LogP contribution in [0.5, 0.6) is 0 Å². The average Bonchev–Trinajstić information content (AvgIpc) is 2.94. The number of carbonyl (C=O) groups excluding carboxylic acids is 1. The quantitative estimate of drug-likeness (QED) is 0.943. The highest BCUT2D eigenvalue weighted by Crippen LogP contribution is 2.35. The molecule has 2 aromatic rings. The lowest BCUT2D eigenvalue weighted by molar-refractivity contribution is -0.122. The van der Waals surface area contributed by atoms with Gasteiger partial charge in [0.25, 0.3) is 0 Å². The van der Waals surface area contributed by atoms with Crippen molar-refractivity contribution in [2.45, 2.75) is 38.6 Å². The molecule has 2 atom stereocenters. The molecule has 0 saturated carbocycles. The van der Waals surface area contributed by atoms with E-state index in [1.54, 1.807) is 16.9 Å². The maximum absolute atomic E-state index is 14.0. The first-order valence-corrected chi connectivity index (χ1v) is 8.09. The Balaban J connectivity index is 1.67. The van der Waals surface area contributed by atoms with Gasteiger partial charge in [-0.25, -0.2) is 4.39 Å². The van der Waals surface area contributed by atoms with Crippen molar-refractivity contribution in [2.24, 2.45) is 13.0 Å². The van der Waals surface area contributed by atoms with Crippen molar-refractivity contribution in [1.82, 2.24) is 15.1 Å². The van der Waals surface area contributed by atoms with E-state index >= 15 is 0 Å². The normalized spacial score (nSPS) is 20.1. The maximum atomic E-state index is 14.0. The zero-order valence-corrected chi connectivity index (χ0v) is 13.6. The summed E-state index contributed by atoms with van der Waals surface area (Å²) < 4.78 is 15.7. The molecule has 0 saturated heterocycles. The first-order chi connectivity index (χ1) is 11.0. The zero-order chi connectivity index (χ0) is 16.4. The van der Waals surface area contributed by atoms with Crippen molar-refractivity contribution in [1.29, 1.82) is 0 Å². The standard InChI is InChI=1S/C18H22FN3O/c1-12-6-8-14-15(4-3-5-16(14)19)18(12)21-17(23)9-7-13-10-20-22(2)11-13/h3-5,10-12,18H,6-9H2,1-2H3,(H,21,23)/t12-,18+/m1/s1. The Morgan fingerprint density at radius 2 is 2.30 bits per heavy atom. The number of rotatable bonds is 4. The molecule has 0 fully saturated rings. The summed E-state index contributed by atoms with van der Waals surface area (Å²) in [6, 6.07) is 5.05. The Morgan fingerprint density at radius 3 is 3.04 bits per heavy atom. The molecule has 1 N–H and O–H groups in total. The average molecular weight is 315 g/mol. The minimum absolute atomic E-state index is 0.00261. The summed E-state index contributed by atoms with van der Waals surface area (Å²) in [6.45, 7) is 2.11. The predicted molar refractivity (Wildman–Crippen MR) is 86.3 cm³/mol. The van der Waals surface area contributed by atoms with E-state index in [0.717, 1.165) is 29.5 Å². The molecule has 1 amide bonds. The van der Waals surface area contributed by atoms with Gasteiger partial charge in [-0.1, -0.05) is 19.1 Å². The third kappa shape index (κ3) is 3.44. The number of amides is 1. The first-order valence-electron chi connectivity index (χ1n) is 8.09. The molecular weight excluding hydrogens is 293 g/mol. The fourth-order valence-electron chi connectivity index (χ4n) is 3.30. The molecule has 0 bridgehead atoms. The summed E-state index contributed by atoms with van der Waals surface area (Å²) in [5.41, 5.74) is 2.73.